The predicted octanol–water partition coefficient (Wildman–Crippen LogP) is 2.19. The molecule has 6 atom stereocenters. The van der Waals surface area contributed by atoms with Crippen molar-refractivity contribution in [1.82, 2.24) is 15.5 Å². The number of likely N-dealkylation sites (N-methyl/N-ethyl adjacent to an activating group) is 1. The fourth-order valence-corrected chi connectivity index (χ4v) is 4.16. The molecule has 0 aromatic rings. The number of nitrogens with one attached hydrogen (secondary N) is 2. The Morgan fingerprint density at radius 3 is 2.42 bits per heavy atom. The molecule has 0 saturated carbocycles. The van der Waals surface area contributed by atoms with E-state index in [4.69, 9.17) is 10.5 Å². The maximum atomic E-state index is 13.3. The van der Waals surface area contributed by atoms with Gasteiger partial charge in [-0.15, -0.1) is 0 Å². The number of cyclic esters (lactones) is 1. The molecule has 1 heterocycles. The molecule has 182 valence electrons. The maximum Gasteiger partial charge on any atom is 0.329 e. The molecule has 8 heteroatoms. The number of carbonyl (C=O) groups excluding carboxylic acids is 2. The zero-order valence-corrected chi connectivity index (χ0v) is 21.5. The highest BCUT2D eigenvalue weighted by atomic mass is 32.1. The third-order valence-corrected chi connectivity index (χ3v) is 7.10. The molecule has 1 amide bonds. The third-order valence-electron chi connectivity index (χ3n) is 6.63. The van der Waals surface area contributed by atoms with E-state index in [0.29, 0.717) is 24.6 Å². The van der Waals surface area contributed by atoms with Gasteiger partial charge in [-0.25, -0.2) is 4.79 Å². The molecule has 1 rings (SSSR count). The molecule has 1 aliphatic heterocycles. The van der Waals surface area contributed by atoms with Gasteiger partial charge in [0.05, 0.1) is 6.04 Å². The zero-order chi connectivity index (χ0) is 23.8. The summed E-state index contributed by atoms with van der Waals surface area (Å²) in [6.45, 7) is 13.8. The number of rotatable bonds is 13. The molecule has 0 aromatic carbocycles. The molecule has 31 heavy (non-hydrogen) atoms. The van der Waals surface area contributed by atoms with Crippen molar-refractivity contribution in [2.75, 3.05) is 25.9 Å². The summed E-state index contributed by atoms with van der Waals surface area (Å²) >= 11 is 4.28. The number of amides is 1. The lowest BCUT2D eigenvalue weighted by molar-refractivity contribution is -0.168. The number of nitrogens with two attached hydrogens (primary N) is 1. The third kappa shape index (κ3) is 8.91. The second kappa shape index (κ2) is 13.0. The van der Waals surface area contributed by atoms with Crippen LogP contribution in [0.1, 0.15) is 67.2 Å². The van der Waals surface area contributed by atoms with E-state index in [2.05, 4.69) is 55.9 Å². The van der Waals surface area contributed by atoms with E-state index < -0.39 is 11.6 Å². The Morgan fingerprint density at radius 2 is 1.90 bits per heavy atom. The van der Waals surface area contributed by atoms with Crippen LogP contribution in [0.4, 0.5) is 0 Å². The van der Waals surface area contributed by atoms with Gasteiger partial charge in [-0.3, -0.25) is 9.69 Å². The lowest BCUT2D eigenvalue weighted by Gasteiger charge is -2.38. The summed E-state index contributed by atoms with van der Waals surface area (Å²) in [6.07, 6.45) is 3.24. The summed E-state index contributed by atoms with van der Waals surface area (Å²) in [5.41, 5.74) is 5.58. The van der Waals surface area contributed by atoms with Crippen molar-refractivity contribution in [3.05, 3.63) is 0 Å². The van der Waals surface area contributed by atoms with E-state index in [0.717, 1.165) is 25.8 Å². The van der Waals surface area contributed by atoms with Crippen molar-refractivity contribution in [3.63, 3.8) is 0 Å². The van der Waals surface area contributed by atoms with Crippen molar-refractivity contribution >= 4 is 24.5 Å². The van der Waals surface area contributed by atoms with Gasteiger partial charge < -0.3 is 21.1 Å². The van der Waals surface area contributed by atoms with E-state index in [1.165, 1.54) is 0 Å². The Labute approximate surface area is 195 Å². The molecule has 0 aromatic heterocycles. The van der Waals surface area contributed by atoms with E-state index in [1.54, 1.807) is 0 Å². The number of ether oxygens (including phenoxy) is 1. The monoisotopic (exact) mass is 458 g/mol. The number of esters is 1. The first-order valence-electron chi connectivity index (χ1n) is 11.8. The van der Waals surface area contributed by atoms with Crippen LogP contribution in [-0.4, -0.2) is 72.4 Å². The molecule has 7 nitrogen and oxygen atoms in total. The first kappa shape index (κ1) is 28.2. The second-order valence-electron chi connectivity index (χ2n) is 9.89. The van der Waals surface area contributed by atoms with Crippen LogP contribution in [0, 0.1) is 11.8 Å². The van der Waals surface area contributed by atoms with Crippen LogP contribution in [0.15, 0.2) is 0 Å². The standard InChI is InChI=1S/C23H46N4O3S/c1-8-15(3)19(25-12-17(24)14-31)13-27(7)20(16(4)9-2)21(28)26-18-10-11-23(5,6)30-22(18)29/h15-20,25,31H,8-14,24H2,1-7H3,(H,26,28)/t15-,16-,17+,18-,19+,20-/m0/s1. The Balaban J connectivity index is 2.88. The Morgan fingerprint density at radius 1 is 1.29 bits per heavy atom. The highest BCUT2D eigenvalue weighted by molar-refractivity contribution is 7.80. The summed E-state index contributed by atoms with van der Waals surface area (Å²) in [5, 5.41) is 6.55. The van der Waals surface area contributed by atoms with Crippen molar-refractivity contribution in [2.24, 2.45) is 17.6 Å². The number of nitrogens with zero attached hydrogens (tertiary/aromatic N) is 1. The van der Waals surface area contributed by atoms with Crippen LogP contribution in [-0.2, 0) is 14.3 Å². The Bertz CT molecular complexity index is 575. The van der Waals surface area contributed by atoms with Crippen molar-refractivity contribution < 1.29 is 14.3 Å². The highest BCUT2D eigenvalue weighted by Gasteiger charge is 2.38. The lowest BCUT2D eigenvalue weighted by atomic mass is 9.92. The first-order chi connectivity index (χ1) is 14.4. The fraction of sp³-hybridized carbons (Fsp3) is 0.913. The van der Waals surface area contributed by atoms with Crippen LogP contribution in [0.2, 0.25) is 0 Å². The van der Waals surface area contributed by atoms with Crippen molar-refractivity contribution in [2.45, 2.75) is 97.0 Å². The van der Waals surface area contributed by atoms with Crippen molar-refractivity contribution in [3.8, 4) is 0 Å². The van der Waals surface area contributed by atoms with Crippen LogP contribution in [0.5, 0.6) is 0 Å². The number of hydrogen-bond acceptors (Lipinski definition) is 7. The molecule has 0 aliphatic carbocycles. The minimum atomic E-state index is -0.572. The minimum Gasteiger partial charge on any atom is -0.458 e. The number of hydrogen-bond donors (Lipinski definition) is 4. The van der Waals surface area contributed by atoms with Gasteiger partial charge in [0.2, 0.25) is 5.91 Å². The van der Waals surface area contributed by atoms with Gasteiger partial charge in [0.25, 0.3) is 0 Å². The van der Waals surface area contributed by atoms with E-state index in [-0.39, 0.29) is 35.9 Å². The normalized spacial score (nSPS) is 23.5. The van der Waals surface area contributed by atoms with Gasteiger partial charge in [-0.2, -0.15) is 12.6 Å². The molecule has 0 spiro atoms. The smallest absolute Gasteiger partial charge is 0.329 e. The molecule has 1 fully saturated rings. The average molecular weight is 459 g/mol. The highest BCUT2D eigenvalue weighted by Crippen LogP contribution is 2.25. The van der Waals surface area contributed by atoms with Crippen LogP contribution in [0.25, 0.3) is 0 Å². The largest absolute Gasteiger partial charge is 0.458 e. The first-order valence-corrected chi connectivity index (χ1v) is 12.4. The molecular formula is C23H46N4O3S. The molecule has 1 aliphatic rings. The predicted molar refractivity (Wildman–Crippen MR) is 130 cm³/mol. The van der Waals surface area contributed by atoms with Gasteiger partial charge in [0, 0.05) is 30.9 Å². The Kier molecular flexibility index (Phi) is 11.8. The van der Waals surface area contributed by atoms with Crippen molar-refractivity contribution in [1.29, 1.82) is 0 Å². The molecule has 0 radical (unpaired) electrons. The quantitative estimate of drug-likeness (QED) is 0.250. The number of thiol groups is 1. The van der Waals surface area contributed by atoms with Gasteiger partial charge >= 0.3 is 5.97 Å². The molecular weight excluding hydrogens is 412 g/mol. The molecule has 4 N–H and O–H groups in total. The SMILES string of the molecule is CC[C@H](C)[C@@H](C(=O)N[C@H]1CCC(C)(C)OC1=O)N(C)C[C@@H](NC[C@@H](N)CS)[C@@H](C)CC. The van der Waals surface area contributed by atoms with Gasteiger partial charge in [-0.1, -0.05) is 40.5 Å². The van der Waals surface area contributed by atoms with Crippen LogP contribution in [0.3, 0.4) is 0 Å². The molecule has 0 unspecified atom stereocenters. The maximum absolute atomic E-state index is 13.3. The van der Waals surface area contributed by atoms with Crippen LogP contribution < -0.4 is 16.4 Å². The number of carbonyl (C=O) groups is 2. The minimum absolute atomic E-state index is 0.00424. The Hall–Kier alpha value is -0.830. The summed E-state index contributed by atoms with van der Waals surface area (Å²) < 4.78 is 5.49. The summed E-state index contributed by atoms with van der Waals surface area (Å²) in [7, 11) is 1.99. The average Bonchev–Trinajstić information content (AvgIpc) is 2.71. The lowest BCUT2D eigenvalue weighted by Crippen LogP contribution is -2.58. The molecule has 1 saturated heterocycles. The van der Waals surface area contributed by atoms with E-state index in [1.807, 2.05) is 20.9 Å². The van der Waals surface area contributed by atoms with Gasteiger partial charge in [-0.05, 0) is 45.6 Å². The van der Waals surface area contributed by atoms with E-state index >= 15 is 0 Å². The summed E-state index contributed by atoms with van der Waals surface area (Å²) in [6, 6.07) is -0.687. The van der Waals surface area contributed by atoms with Gasteiger partial charge in [0.1, 0.15) is 11.6 Å². The molecule has 0 bridgehead atoms. The second-order valence-corrected chi connectivity index (χ2v) is 10.3. The van der Waals surface area contributed by atoms with Gasteiger partial charge in [0.15, 0.2) is 0 Å². The van der Waals surface area contributed by atoms with E-state index in [9.17, 15) is 9.59 Å². The summed E-state index contributed by atoms with van der Waals surface area (Å²) in [4.78, 5) is 27.8. The zero-order valence-electron chi connectivity index (χ0n) is 20.6. The topological polar surface area (TPSA) is 96.7 Å². The fourth-order valence-electron chi connectivity index (χ4n) is 4.03. The van der Waals surface area contributed by atoms with Crippen LogP contribution >= 0.6 is 12.6 Å². The summed E-state index contributed by atoms with van der Waals surface area (Å²) in [5.74, 6) is 0.773.